The highest BCUT2D eigenvalue weighted by atomic mass is 79.9. The zero-order valence-electron chi connectivity index (χ0n) is 16.4. The molecule has 32 heavy (non-hydrogen) atoms. The molecule has 10 heteroatoms. The molecule has 7 nitrogen and oxygen atoms in total. The molecule has 0 bridgehead atoms. The molecule has 0 aliphatic carbocycles. The van der Waals surface area contributed by atoms with Gasteiger partial charge in [-0.25, -0.2) is 4.68 Å². The molecule has 0 unspecified atom stereocenters. The van der Waals surface area contributed by atoms with Crippen LogP contribution in [-0.2, 0) is 13.3 Å². The molecular formula is C22H16Br2ClN3O4. The van der Waals surface area contributed by atoms with E-state index in [1.807, 2.05) is 30.3 Å². The van der Waals surface area contributed by atoms with Crippen LogP contribution in [0.1, 0.15) is 16.3 Å². The van der Waals surface area contributed by atoms with Crippen molar-refractivity contribution >= 4 is 55.1 Å². The monoisotopic (exact) mass is 579 g/mol. The van der Waals surface area contributed by atoms with Crippen LogP contribution in [0.25, 0.3) is 0 Å². The molecule has 4 rings (SSSR count). The molecule has 0 atom stereocenters. The summed E-state index contributed by atoms with van der Waals surface area (Å²) in [6, 6.07) is 16.0. The summed E-state index contributed by atoms with van der Waals surface area (Å²) in [5.74, 6) is 1.49. The fourth-order valence-corrected chi connectivity index (χ4v) is 3.67. The molecule has 1 amide bonds. The average Bonchev–Trinajstić information content (AvgIpc) is 3.42. The van der Waals surface area contributed by atoms with Crippen LogP contribution >= 0.6 is 43.5 Å². The van der Waals surface area contributed by atoms with Crippen LogP contribution in [0.4, 0.5) is 5.69 Å². The van der Waals surface area contributed by atoms with Gasteiger partial charge in [0, 0.05) is 8.95 Å². The number of nitrogens with zero attached hydrogens (tertiary/aromatic N) is 2. The fraction of sp³-hybridized carbons (Fsp3) is 0.0909. The Hall–Kier alpha value is -2.75. The van der Waals surface area contributed by atoms with Crippen LogP contribution in [0.15, 0.2) is 80.4 Å². The molecule has 164 valence electrons. The SMILES string of the molecule is O=C(Nc1cnn(COc2ccc(Br)cc2)c1)c1ccc(COc2ccc(Br)cc2Cl)o1. The van der Waals surface area contributed by atoms with E-state index in [2.05, 4.69) is 42.3 Å². The highest BCUT2D eigenvalue weighted by Crippen LogP contribution is 2.28. The summed E-state index contributed by atoms with van der Waals surface area (Å²) in [5, 5.41) is 7.40. The molecule has 0 radical (unpaired) electrons. The van der Waals surface area contributed by atoms with Crippen molar-refractivity contribution in [2.75, 3.05) is 5.32 Å². The van der Waals surface area contributed by atoms with Crippen LogP contribution in [-0.4, -0.2) is 15.7 Å². The Bertz CT molecular complexity index is 1220. The minimum atomic E-state index is -0.397. The van der Waals surface area contributed by atoms with Crippen molar-refractivity contribution in [1.82, 2.24) is 9.78 Å². The number of aromatic nitrogens is 2. The number of halogens is 3. The zero-order chi connectivity index (χ0) is 22.5. The van der Waals surface area contributed by atoms with E-state index in [1.54, 1.807) is 35.1 Å². The lowest BCUT2D eigenvalue weighted by atomic mass is 10.3. The van der Waals surface area contributed by atoms with Crippen molar-refractivity contribution in [3.8, 4) is 11.5 Å². The third-order valence-corrected chi connectivity index (χ3v) is 5.53. The summed E-state index contributed by atoms with van der Waals surface area (Å²) in [5.41, 5.74) is 0.519. The van der Waals surface area contributed by atoms with Crippen molar-refractivity contribution in [3.63, 3.8) is 0 Å². The largest absolute Gasteiger partial charge is 0.484 e. The van der Waals surface area contributed by atoms with Gasteiger partial charge in [0.05, 0.1) is 23.1 Å². The summed E-state index contributed by atoms with van der Waals surface area (Å²) >= 11 is 12.9. The summed E-state index contributed by atoms with van der Waals surface area (Å²) in [7, 11) is 0. The summed E-state index contributed by atoms with van der Waals surface area (Å²) in [6.45, 7) is 0.346. The molecule has 1 N–H and O–H groups in total. The van der Waals surface area contributed by atoms with Crippen LogP contribution in [0, 0.1) is 0 Å². The number of anilines is 1. The maximum atomic E-state index is 12.5. The molecule has 0 saturated heterocycles. The lowest BCUT2D eigenvalue weighted by Crippen LogP contribution is -2.10. The quantitative estimate of drug-likeness (QED) is 0.256. The van der Waals surface area contributed by atoms with Gasteiger partial charge in [0.15, 0.2) is 12.5 Å². The van der Waals surface area contributed by atoms with E-state index in [0.717, 1.165) is 8.95 Å². The molecule has 0 saturated carbocycles. The number of benzene rings is 2. The second kappa shape index (κ2) is 10.2. The Morgan fingerprint density at radius 1 is 1.06 bits per heavy atom. The molecule has 2 heterocycles. The highest BCUT2D eigenvalue weighted by Gasteiger charge is 2.13. The fourth-order valence-electron chi connectivity index (χ4n) is 2.68. The van der Waals surface area contributed by atoms with Gasteiger partial charge in [0.25, 0.3) is 5.91 Å². The summed E-state index contributed by atoms with van der Waals surface area (Å²) in [6.07, 6.45) is 3.20. The molecule has 0 spiro atoms. The van der Waals surface area contributed by atoms with Gasteiger partial charge in [-0.1, -0.05) is 43.5 Å². The molecule has 2 aromatic heterocycles. The Morgan fingerprint density at radius 2 is 1.84 bits per heavy atom. The summed E-state index contributed by atoms with van der Waals surface area (Å²) in [4.78, 5) is 12.5. The van der Waals surface area contributed by atoms with Gasteiger partial charge in [0.1, 0.15) is 23.9 Å². The third-order valence-electron chi connectivity index (χ3n) is 4.22. The van der Waals surface area contributed by atoms with Crippen LogP contribution in [0.3, 0.4) is 0 Å². The van der Waals surface area contributed by atoms with E-state index in [4.69, 9.17) is 25.5 Å². The molecule has 0 aliphatic heterocycles. The van der Waals surface area contributed by atoms with Crippen molar-refractivity contribution in [2.24, 2.45) is 0 Å². The third kappa shape index (κ3) is 5.93. The first-order valence-electron chi connectivity index (χ1n) is 9.35. The number of carbonyl (C=O) groups is 1. The van der Waals surface area contributed by atoms with Gasteiger partial charge in [-0.3, -0.25) is 4.79 Å². The van der Waals surface area contributed by atoms with E-state index in [-0.39, 0.29) is 19.1 Å². The predicted octanol–water partition coefficient (Wildman–Crippen LogP) is 6.52. The second-order valence-corrected chi connectivity index (χ2v) is 8.82. The lowest BCUT2D eigenvalue weighted by molar-refractivity contribution is 0.0992. The first-order chi connectivity index (χ1) is 15.5. The minimum absolute atomic E-state index is 0.139. The molecular weight excluding hydrogens is 566 g/mol. The topological polar surface area (TPSA) is 78.5 Å². The van der Waals surface area contributed by atoms with E-state index >= 15 is 0 Å². The maximum absolute atomic E-state index is 12.5. The minimum Gasteiger partial charge on any atom is -0.484 e. The average molecular weight is 582 g/mol. The van der Waals surface area contributed by atoms with Crippen LogP contribution < -0.4 is 14.8 Å². The van der Waals surface area contributed by atoms with Gasteiger partial charge >= 0.3 is 0 Å². The van der Waals surface area contributed by atoms with E-state index < -0.39 is 5.91 Å². The Kier molecular flexibility index (Phi) is 7.19. The number of nitrogens with one attached hydrogen (secondary N) is 1. The van der Waals surface area contributed by atoms with Crippen molar-refractivity contribution in [2.45, 2.75) is 13.3 Å². The van der Waals surface area contributed by atoms with Gasteiger partial charge in [-0.2, -0.15) is 5.10 Å². The Morgan fingerprint density at radius 3 is 2.62 bits per heavy atom. The van der Waals surface area contributed by atoms with Crippen molar-refractivity contribution < 1.29 is 18.7 Å². The van der Waals surface area contributed by atoms with Crippen molar-refractivity contribution in [1.29, 1.82) is 0 Å². The predicted molar refractivity (Wildman–Crippen MR) is 127 cm³/mol. The first kappa shape index (κ1) is 22.4. The van der Waals surface area contributed by atoms with E-state index in [1.165, 1.54) is 6.20 Å². The normalized spacial score (nSPS) is 10.7. The molecule has 0 fully saturated rings. The van der Waals surface area contributed by atoms with Gasteiger partial charge < -0.3 is 19.2 Å². The second-order valence-electron chi connectivity index (χ2n) is 6.58. The smallest absolute Gasteiger partial charge is 0.291 e. The van der Waals surface area contributed by atoms with Gasteiger partial charge in [0.2, 0.25) is 0 Å². The number of furan rings is 1. The zero-order valence-corrected chi connectivity index (χ0v) is 20.4. The van der Waals surface area contributed by atoms with E-state index in [0.29, 0.717) is 28.0 Å². The Balaban J connectivity index is 1.29. The number of carbonyl (C=O) groups excluding carboxylic acids is 1. The standard InChI is InChI=1S/C22H16Br2ClN3O4/c23-14-1-4-17(5-2-14)31-13-28-11-16(10-26-28)27-22(29)21-8-6-18(32-21)12-30-20-7-3-15(24)9-19(20)25/h1-11H,12-13H2,(H,27,29). The van der Waals surface area contributed by atoms with Gasteiger partial charge in [-0.05, 0) is 54.6 Å². The first-order valence-corrected chi connectivity index (χ1v) is 11.3. The van der Waals surface area contributed by atoms with E-state index in [9.17, 15) is 4.79 Å². The lowest BCUT2D eigenvalue weighted by Gasteiger charge is -2.06. The number of rotatable bonds is 8. The molecule has 0 aliphatic rings. The molecule has 4 aromatic rings. The van der Waals surface area contributed by atoms with Crippen LogP contribution in [0.2, 0.25) is 5.02 Å². The highest BCUT2D eigenvalue weighted by molar-refractivity contribution is 9.10. The number of amides is 1. The molecule has 2 aromatic carbocycles. The summed E-state index contributed by atoms with van der Waals surface area (Å²) < 4.78 is 20.3. The Labute approximate surface area is 205 Å². The number of ether oxygens (including phenoxy) is 2. The van der Waals surface area contributed by atoms with Gasteiger partial charge in [-0.15, -0.1) is 0 Å². The van der Waals surface area contributed by atoms with Crippen molar-refractivity contribution in [3.05, 3.63) is 92.5 Å². The van der Waals surface area contributed by atoms with Crippen LogP contribution in [0.5, 0.6) is 11.5 Å². The number of hydrogen-bond acceptors (Lipinski definition) is 5. The number of hydrogen-bond donors (Lipinski definition) is 1. The maximum Gasteiger partial charge on any atom is 0.291 e.